The summed E-state index contributed by atoms with van der Waals surface area (Å²) in [5.74, 6) is -0.0151. The van der Waals surface area contributed by atoms with Crippen molar-refractivity contribution in [1.29, 1.82) is 0 Å². The van der Waals surface area contributed by atoms with Crippen LogP contribution in [-0.4, -0.2) is 57.1 Å². The van der Waals surface area contributed by atoms with E-state index in [1.54, 1.807) is 36.1 Å². The van der Waals surface area contributed by atoms with E-state index >= 15 is 0 Å². The lowest BCUT2D eigenvalue weighted by Gasteiger charge is -2.30. The summed E-state index contributed by atoms with van der Waals surface area (Å²) in [7, 11) is -2.12. The molecular formula is C25H35N3O5S. The van der Waals surface area contributed by atoms with Crippen LogP contribution in [0.3, 0.4) is 0 Å². The maximum absolute atomic E-state index is 13.2. The normalized spacial score (nSPS) is 12.2. The number of benzene rings is 2. The highest BCUT2D eigenvalue weighted by molar-refractivity contribution is 7.92. The first-order valence-electron chi connectivity index (χ1n) is 11.3. The maximum Gasteiger partial charge on any atom is 0.242 e. The smallest absolute Gasteiger partial charge is 0.242 e. The number of rotatable bonds is 12. The Morgan fingerprint density at radius 3 is 2.21 bits per heavy atom. The molecule has 2 rings (SSSR count). The molecule has 0 aliphatic heterocycles. The van der Waals surface area contributed by atoms with Gasteiger partial charge in [-0.3, -0.25) is 13.9 Å². The number of carbonyl (C=O) groups is 2. The molecule has 0 aliphatic rings. The third-order valence-electron chi connectivity index (χ3n) is 5.30. The Balaban J connectivity index is 2.17. The topological polar surface area (TPSA) is 96.0 Å². The summed E-state index contributed by atoms with van der Waals surface area (Å²) in [5.41, 5.74) is 1.33. The van der Waals surface area contributed by atoms with E-state index in [1.807, 2.05) is 44.2 Å². The fourth-order valence-electron chi connectivity index (χ4n) is 3.59. The number of carbonyl (C=O) groups excluding carboxylic acids is 2. The van der Waals surface area contributed by atoms with Crippen molar-refractivity contribution in [1.82, 2.24) is 10.2 Å². The summed E-state index contributed by atoms with van der Waals surface area (Å²) >= 11 is 0. The van der Waals surface area contributed by atoms with E-state index in [2.05, 4.69) is 5.32 Å². The number of sulfonamides is 1. The van der Waals surface area contributed by atoms with Crippen molar-refractivity contribution in [2.75, 3.05) is 24.2 Å². The fraction of sp³-hybridized carbons (Fsp3) is 0.440. The molecule has 2 aromatic carbocycles. The minimum absolute atomic E-state index is 0.0483. The quantitative estimate of drug-likeness (QED) is 0.494. The molecular weight excluding hydrogens is 454 g/mol. The molecule has 0 aromatic heterocycles. The van der Waals surface area contributed by atoms with Gasteiger partial charge in [0.25, 0.3) is 0 Å². The van der Waals surface area contributed by atoms with Crippen LogP contribution in [0.4, 0.5) is 5.69 Å². The van der Waals surface area contributed by atoms with Gasteiger partial charge in [-0.15, -0.1) is 0 Å². The highest BCUT2D eigenvalue weighted by Gasteiger charge is 2.27. The summed E-state index contributed by atoms with van der Waals surface area (Å²) in [4.78, 5) is 27.4. The number of para-hydroxylation sites is 2. The highest BCUT2D eigenvalue weighted by atomic mass is 32.2. The van der Waals surface area contributed by atoms with E-state index in [9.17, 15) is 18.0 Å². The molecule has 34 heavy (non-hydrogen) atoms. The van der Waals surface area contributed by atoms with Crippen LogP contribution in [0, 0.1) is 0 Å². The molecule has 0 radical (unpaired) electrons. The van der Waals surface area contributed by atoms with Gasteiger partial charge in [0.1, 0.15) is 11.8 Å². The summed E-state index contributed by atoms with van der Waals surface area (Å²) in [6.45, 7) is 5.83. The molecule has 0 saturated heterocycles. The van der Waals surface area contributed by atoms with Crippen LogP contribution in [0.25, 0.3) is 0 Å². The Hall–Kier alpha value is -3.07. The predicted molar refractivity (Wildman–Crippen MR) is 134 cm³/mol. The van der Waals surface area contributed by atoms with Crippen LogP contribution >= 0.6 is 0 Å². The van der Waals surface area contributed by atoms with E-state index in [0.717, 1.165) is 11.8 Å². The van der Waals surface area contributed by atoms with Gasteiger partial charge in [-0.05, 0) is 44.9 Å². The number of ether oxygens (including phenoxy) is 1. The van der Waals surface area contributed by atoms with Gasteiger partial charge in [0.15, 0.2) is 0 Å². The van der Waals surface area contributed by atoms with Gasteiger partial charge in [-0.1, -0.05) is 42.5 Å². The van der Waals surface area contributed by atoms with Crippen molar-refractivity contribution in [2.24, 2.45) is 0 Å². The minimum atomic E-state index is -3.60. The molecule has 8 nitrogen and oxygen atoms in total. The second kappa shape index (κ2) is 12.4. The van der Waals surface area contributed by atoms with Gasteiger partial charge < -0.3 is 15.0 Å². The molecule has 2 aromatic rings. The number of amides is 2. The molecule has 186 valence electrons. The molecule has 1 N–H and O–H groups in total. The first kappa shape index (κ1) is 27.2. The monoisotopic (exact) mass is 489 g/mol. The summed E-state index contributed by atoms with van der Waals surface area (Å²) in [5, 5.41) is 2.86. The Morgan fingerprint density at radius 1 is 1.00 bits per heavy atom. The molecule has 9 heteroatoms. The van der Waals surface area contributed by atoms with E-state index in [-0.39, 0.29) is 43.8 Å². The second-order valence-corrected chi connectivity index (χ2v) is 10.4. The molecule has 0 spiro atoms. The van der Waals surface area contributed by atoms with Crippen LogP contribution in [-0.2, 0) is 26.2 Å². The number of hydrogen-bond donors (Lipinski definition) is 1. The largest absolute Gasteiger partial charge is 0.495 e. The number of methoxy groups -OCH3 is 1. The van der Waals surface area contributed by atoms with Crippen molar-refractivity contribution in [2.45, 2.75) is 52.2 Å². The molecule has 0 aliphatic carbocycles. The van der Waals surface area contributed by atoms with Crippen molar-refractivity contribution in [3.8, 4) is 5.75 Å². The lowest BCUT2D eigenvalue weighted by Crippen LogP contribution is -2.49. The average molecular weight is 490 g/mol. The zero-order valence-electron chi connectivity index (χ0n) is 20.5. The molecule has 1 atom stereocenters. The lowest BCUT2D eigenvalue weighted by molar-refractivity contribution is -0.140. The molecule has 0 fully saturated rings. The number of anilines is 1. The summed E-state index contributed by atoms with van der Waals surface area (Å²) < 4.78 is 31.5. The third-order valence-corrected chi connectivity index (χ3v) is 6.48. The second-order valence-electron chi connectivity index (χ2n) is 8.46. The minimum Gasteiger partial charge on any atom is -0.495 e. The van der Waals surface area contributed by atoms with E-state index in [4.69, 9.17) is 4.74 Å². The zero-order valence-corrected chi connectivity index (χ0v) is 21.3. The van der Waals surface area contributed by atoms with Crippen molar-refractivity contribution < 1.29 is 22.7 Å². The summed E-state index contributed by atoms with van der Waals surface area (Å²) in [6.07, 6.45) is 1.50. The zero-order chi connectivity index (χ0) is 25.3. The lowest BCUT2D eigenvalue weighted by atomic mass is 10.1. The van der Waals surface area contributed by atoms with Gasteiger partial charge in [0.05, 0.1) is 19.1 Å². The van der Waals surface area contributed by atoms with Crippen LogP contribution in [0.15, 0.2) is 54.6 Å². The van der Waals surface area contributed by atoms with E-state index < -0.39 is 16.1 Å². The first-order chi connectivity index (χ1) is 16.0. The van der Waals surface area contributed by atoms with Gasteiger partial charge in [-0.2, -0.15) is 0 Å². The van der Waals surface area contributed by atoms with Gasteiger partial charge >= 0.3 is 0 Å². The average Bonchev–Trinajstić information content (AvgIpc) is 2.79. The maximum atomic E-state index is 13.2. The number of hydrogen-bond acceptors (Lipinski definition) is 5. The Labute approximate surface area is 202 Å². The molecule has 2 amide bonds. The Bertz CT molecular complexity index is 1060. The SMILES string of the molecule is COc1ccccc1N(CCCC(=O)N(Cc1ccccc1)[C@@H](C)C(=O)NC(C)C)S(C)(=O)=O. The van der Waals surface area contributed by atoms with Crippen LogP contribution in [0.2, 0.25) is 0 Å². The third kappa shape index (κ3) is 7.76. The van der Waals surface area contributed by atoms with Crippen molar-refractivity contribution >= 4 is 27.5 Å². The highest BCUT2D eigenvalue weighted by Crippen LogP contribution is 2.29. The molecule has 0 bridgehead atoms. The van der Waals surface area contributed by atoms with Gasteiger partial charge in [-0.25, -0.2) is 8.42 Å². The number of nitrogens with zero attached hydrogens (tertiary/aromatic N) is 2. The van der Waals surface area contributed by atoms with Crippen LogP contribution < -0.4 is 14.4 Å². The standard InChI is InChI=1S/C25H35N3O5S/c1-19(2)26-25(30)20(3)27(18-21-12-7-6-8-13-21)24(29)16-11-17-28(34(5,31)32)22-14-9-10-15-23(22)33-4/h6-10,12-15,19-20H,11,16-18H2,1-5H3,(H,26,30)/t20-/m0/s1. The van der Waals surface area contributed by atoms with Crippen molar-refractivity contribution in [3.05, 3.63) is 60.2 Å². The van der Waals surface area contributed by atoms with Crippen LogP contribution in [0.5, 0.6) is 5.75 Å². The predicted octanol–water partition coefficient (Wildman–Crippen LogP) is 3.18. The van der Waals surface area contributed by atoms with E-state index in [1.165, 1.54) is 11.4 Å². The van der Waals surface area contributed by atoms with E-state index in [0.29, 0.717) is 11.4 Å². The Kier molecular flexibility index (Phi) is 9.92. The van der Waals surface area contributed by atoms with Gasteiger partial charge in [0, 0.05) is 25.6 Å². The van der Waals surface area contributed by atoms with Crippen molar-refractivity contribution in [3.63, 3.8) is 0 Å². The number of nitrogens with one attached hydrogen (secondary N) is 1. The first-order valence-corrected chi connectivity index (χ1v) is 13.1. The Morgan fingerprint density at radius 2 is 1.62 bits per heavy atom. The molecule has 0 saturated carbocycles. The molecule has 0 heterocycles. The van der Waals surface area contributed by atoms with Gasteiger partial charge in [0.2, 0.25) is 21.8 Å². The molecule has 0 unspecified atom stereocenters. The van der Waals surface area contributed by atoms with Crippen LogP contribution in [0.1, 0.15) is 39.2 Å². The summed E-state index contributed by atoms with van der Waals surface area (Å²) in [6, 6.07) is 15.6. The fourth-order valence-corrected chi connectivity index (χ4v) is 4.55.